The summed E-state index contributed by atoms with van der Waals surface area (Å²) < 4.78 is 0. The third kappa shape index (κ3) is 5.86. The monoisotopic (exact) mass is 455 g/mol. The molecule has 1 aliphatic rings. The van der Waals surface area contributed by atoms with Crippen LogP contribution in [0.2, 0.25) is 0 Å². The van der Waals surface area contributed by atoms with Crippen molar-refractivity contribution in [3.8, 4) is 11.4 Å². The first kappa shape index (κ1) is 23.2. The molecule has 2 heterocycles. The second kappa shape index (κ2) is 11.2. The Labute approximate surface area is 199 Å². The second-order valence-electron chi connectivity index (χ2n) is 8.35. The van der Waals surface area contributed by atoms with Gasteiger partial charge >= 0.3 is 0 Å². The van der Waals surface area contributed by atoms with Crippen LogP contribution in [0.4, 0.5) is 11.5 Å². The van der Waals surface area contributed by atoms with E-state index in [9.17, 15) is 9.59 Å². The minimum atomic E-state index is -0.198. The number of hydrogen-bond donors (Lipinski definition) is 3. The lowest BCUT2D eigenvalue weighted by Gasteiger charge is -2.14. The molecule has 1 saturated carbocycles. The molecule has 5 rings (SSSR count). The van der Waals surface area contributed by atoms with Crippen molar-refractivity contribution in [2.24, 2.45) is 5.92 Å². The van der Waals surface area contributed by atoms with Crippen molar-refractivity contribution in [1.29, 1.82) is 0 Å². The second-order valence-corrected chi connectivity index (χ2v) is 8.35. The number of anilines is 2. The normalized spacial score (nSPS) is 13.6. The number of aromatic nitrogens is 3. The van der Waals surface area contributed by atoms with Crippen molar-refractivity contribution in [2.75, 3.05) is 17.7 Å². The fourth-order valence-electron chi connectivity index (χ4n) is 3.96. The number of nitrogens with zero attached hydrogens (tertiary/aromatic N) is 2. The molecule has 1 aliphatic carbocycles. The topological polar surface area (TPSA) is 99.8 Å². The first-order valence-corrected chi connectivity index (χ1v) is 11.6. The van der Waals surface area contributed by atoms with Gasteiger partial charge in [0, 0.05) is 35.8 Å². The average molecular weight is 456 g/mol. The summed E-state index contributed by atoms with van der Waals surface area (Å²) in [5, 5.41) is 5.89. The molecule has 2 aromatic heterocycles. The number of imidazole rings is 1. The quantitative estimate of drug-likeness (QED) is 0.336. The Morgan fingerprint density at radius 1 is 1.03 bits per heavy atom. The number of nitrogens with one attached hydrogen (secondary N) is 3. The van der Waals surface area contributed by atoms with Gasteiger partial charge in [-0.15, -0.1) is 0 Å². The lowest BCUT2D eigenvalue weighted by molar-refractivity contribution is -0.111. The van der Waals surface area contributed by atoms with E-state index in [2.05, 4.69) is 25.6 Å². The average Bonchev–Trinajstić information content (AvgIpc) is 3.33. The Bertz CT molecular complexity index is 1230. The number of carbonyl (C=O) groups excluding carboxylic acids is 2. The van der Waals surface area contributed by atoms with Crippen LogP contribution >= 0.6 is 0 Å². The summed E-state index contributed by atoms with van der Waals surface area (Å²) in [7, 11) is 1.88. The molecule has 34 heavy (non-hydrogen) atoms. The molecule has 4 aromatic rings. The van der Waals surface area contributed by atoms with Crippen LogP contribution in [0, 0.1) is 5.92 Å². The predicted octanol–water partition coefficient (Wildman–Crippen LogP) is 5.68. The Morgan fingerprint density at radius 2 is 1.76 bits per heavy atom. The fourth-order valence-corrected chi connectivity index (χ4v) is 3.96. The van der Waals surface area contributed by atoms with E-state index in [4.69, 9.17) is 0 Å². The van der Waals surface area contributed by atoms with Crippen molar-refractivity contribution >= 4 is 34.7 Å². The number of benzene rings is 2. The van der Waals surface area contributed by atoms with Gasteiger partial charge in [-0.05, 0) is 49.2 Å². The highest BCUT2D eigenvalue weighted by Crippen LogP contribution is 2.23. The van der Waals surface area contributed by atoms with Crippen LogP contribution in [0.15, 0.2) is 66.9 Å². The van der Waals surface area contributed by atoms with Crippen molar-refractivity contribution in [2.45, 2.75) is 32.1 Å². The van der Waals surface area contributed by atoms with E-state index in [-0.39, 0.29) is 5.91 Å². The van der Waals surface area contributed by atoms with Gasteiger partial charge in [0.05, 0.1) is 17.2 Å². The van der Waals surface area contributed by atoms with Crippen molar-refractivity contribution < 1.29 is 9.59 Å². The molecule has 0 radical (unpaired) electrons. The molecule has 0 unspecified atom stereocenters. The molecule has 0 atom stereocenters. The third-order valence-electron chi connectivity index (χ3n) is 5.93. The molecule has 1 amide bonds. The van der Waals surface area contributed by atoms with Crippen LogP contribution in [0.3, 0.4) is 0 Å². The number of pyridine rings is 1. The maximum absolute atomic E-state index is 12.3. The van der Waals surface area contributed by atoms with E-state index in [1.165, 1.54) is 19.3 Å². The highest BCUT2D eigenvalue weighted by Gasteiger charge is 2.11. The molecular weight excluding hydrogens is 426 g/mol. The van der Waals surface area contributed by atoms with E-state index in [0.717, 1.165) is 47.2 Å². The fraction of sp³-hybridized carbons (Fsp3) is 0.259. The van der Waals surface area contributed by atoms with Crippen LogP contribution < -0.4 is 10.6 Å². The van der Waals surface area contributed by atoms with Gasteiger partial charge in [0.25, 0.3) is 5.91 Å². The van der Waals surface area contributed by atoms with E-state index < -0.39 is 0 Å². The highest BCUT2D eigenvalue weighted by molar-refractivity contribution is 6.04. The van der Waals surface area contributed by atoms with Crippen LogP contribution in [-0.4, -0.2) is 34.2 Å². The molecule has 0 aliphatic heterocycles. The van der Waals surface area contributed by atoms with Crippen molar-refractivity contribution in [1.82, 2.24) is 15.0 Å². The number of hydrogen-bond acceptors (Lipinski definition) is 5. The summed E-state index contributed by atoms with van der Waals surface area (Å²) in [5.74, 6) is 1.44. The van der Waals surface area contributed by atoms with Crippen LogP contribution in [-0.2, 0) is 4.79 Å². The largest absolute Gasteiger partial charge is 0.388 e. The standard InChI is InChI=1S/C20H17N5O.C7H12O/c1-21-15-9-7-13(8-10-15)19-23-16-11-18(22-12-17(16)24-19)25-20(26)14-5-3-2-4-6-14;8-6-7-4-2-1-3-5-7/h2-12,21H,1H3,(H,23,24)(H,22,25,26);6-7H,1-5H2. The number of aromatic amines is 1. The molecule has 2 aromatic carbocycles. The molecule has 0 spiro atoms. The number of H-pyrrole nitrogens is 1. The van der Waals surface area contributed by atoms with E-state index in [1.54, 1.807) is 24.4 Å². The molecular formula is C27H29N5O2. The summed E-state index contributed by atoms with van der Waals surface area (Å²) >= 11 is 0. The zero-order valence-electron chi connectivity index (χ0n) is 19.3. The van der Waals surface area contributed by atoms with E-state index in [0.29, 0.717) is 17.3 Å². The van der Waals surface area contributed by atoms with Crippen LogP contribution in [0.5, 0.6) is 0 Å². The molecule has 3 N–H and O–H groups in total. The Balaban J connectivity index is 0.000000291. The smallest absolute Gasteiger partial charge is 0.256 e. The van der Waals surface area contributed by atoms with Gasteiger partial charge in [0.15, 0.2) is 0 Å². The molecule has 7 nitrogen and oxygen atoms in total. The van der Waals surface area contributed by atoms with Gasteiger partial charge in [0.2, 0.25) is 0 Å². The summed E-state index contributed by atoms with van der Waals surface area (Å²) in [5.41, 5.74) is 4.17. The highest BCUT2D eigenvalue weighted by atomic mass is 16.1. The van der Waals surface area contributed by atoms with Gasteiger partial charge in [-0.1, -0.05) is 37.5 Å². The molecule has 0 bridgehead atoms. The minimum absolute atomic E-state index is 0.198. The third-order valence-corrected chi connectivity index (χ3v) is 5.93. The maximum Gasteiger partial charge on any atom is 0.256 e. The Kier molecular flexibility index (Phi) is 7.65. The molecule has 1 fully saturated rings. The zero-order chi connectivity index (χ0) is 23.8. The van der Waals surface area contributed by atoms with Gasteiger partial charge in [-0.3, -0.25) is 4.79 Å². The molecule has 0 saturated heterocycles. The summed E-state index contributed by atoms with van der Waals surface area (Å²) in [4.78, 5) is 34.6. The number of amides is 1. The zero-order valence-corrected chi connectivity index (χ0v) is 19.3. The van der Waals surface area contributed by atoms with Gasteiger partial charge < -0.3 is 20.4 Å². The van der Waals surface area contributed by atoms with Crippen LogP contribution in [0.25, 0.3) is 22.4 Å². The molecule has 174 valence electrons. The number of carbonyl (C=O) groups is 2. The van der Waals surface area contributed by atoms with Gasteiger partial charge in [-0.2, -0.15) is 0 Å². The number of fused-ring (bicyclic) bond motifs is 1. The van der Waals surface area contributed by atoms with E-state index >= 15 is 0 Å². The SMILES string of the molecule is CNc1ccc(-c2nc3cc(NC(=O)c4ccccc4)ncc3[nH]2)cc1.O=CC1CCCCC1. The van der Waals surface area contributed by atoms with Gasteiger partial charge in [0.1, 0.15) is 17.9 Å². The van der Waals surface area contributed by atoms with Crippen molar-refractivity contribution in [3.63, 3.8) is 0 Å². The molecule has 7 heteroatoms. The Morgan fingerprint density at radius 3 is 2.41 bits per heavy atom. The number of aldehydes is 1. The summed E-state index contributed by atoms with van der Waals surface area (Å²) in [6.07, 6.45) is 8.94. The van der Waals surface area contributed by atoms with E-state index in [1.807, 2.05) is 49.5 Å². The van der Waals surface area contributed by atoms with Crippen molar-refractivity contribution in [3.05, 3.63) is 72.4 Å². The van der Waals surface area contributed by atoms with Gasteiger partial charge in [-0.25, -0.2) is 9.97 Å². The lowest BCUT2D eigenvalue weighted by atomic mass is 9.91. The van der Waals surface area contributed by atoms with Crippen LogP contribution in [0.1, 0.15) is 42.5 Å². The lowest BCUT2D eigenvalue weighted by Crippen LogP contribution is -2.12. The Hall–Kier alpha value is -4.00. The summed E-state index contributed by atoms with van der Waals surface area (Å²) in [6, 6.07) is 18.8. The first-order chi connectivity index (χ1) is 16.7. The first-order valence-electron chi connectivity index (χ1n) is 11.6. The predicted molar refractivity (Wildman–Crippen MR) is 136 cm³/mol. The minimum Gasteiger partial charge on any atom is -0.388 e. The summed E-state index contributed by atoms with van der Waals surface area (Å²) in [6.45, 7) is 0. The number of rotatable bonds is 5. The maximum atomic E-state index is 12.3.